The molecule has 9 heteroatoms. The SMILES string of the molecule is CCc1cc2c(cc1-c1cnc(NC(=O)c3c(F)cccc3F)cn1)N(C)C(=O)CO2. The monoisotopic (exact) mass is 424 g/mol. The molecule has 2 heterocycles. The molecule has 1 aliphatic heterocycles. The summed E-state index contributed by atoms with van der Waals surface area (Å²) in [5.41, 5.74) is 2.15. The van der Waals surface area contributed by atoms with Crippen LogP contribution in [0.1, 0.15) is 22.8 Å². The number of hydrogen-bond acceptors (Lipinski definition) is 5. The van der Waals surface area contributed by atoms with Gasteiger partial charge in [0.05, 0.1) is 23.8 Å². The first kappa shape index (κ1) is 20.4. The Morgan fingerprint density at radius 2 is 1.94 bits per heavy atom. The lowest BCUT2D eigenvalue weighted by molar-refractivity contribution is -0.120. The number of hydrogen-bond donors (Lipinski definition) is 1. The highest BCUT2D eigenvalue weighted by Gasteiger charge is 2.24. The number of aryl methyl sites for hydroxylation is 1. The fourth-order valence-electron chi connectivity index (χ4n) is 3.32. The molecule has 1 aliphatic rings. The Morgan fingerprint density at radius 1 is 1.19 bits per heavy atom. The molecule has 158 valence electrons. The summed E-state index contributed by atoms with van der Waals surface area (Å²) in [5.74, 6) is -2.39. The molecule has 0 saturated carbocycles. The number of amides is 2. The van der Waals surface area contributed by atoms with E-state index in [0.29, 0.717) is 23.6 Å². The summed E-state index contributed by atoms with van der Waals surface area (Å²) in [4.78, 5) is 34.2. The Morgan fingerprint density at radius 3 is 2.58 bits per heavy atom. The number of halogens is 2. The molecule has 0 atom stereocenters. The van der Waals surface area contributed by atoms with Crippen molar-refractivity contribution >= 4 is 23.3 Å². The van der Waals surface area contributed by atoms with Gasteiger partial charge in [-0.15, -0.1) is 0 Å². The van der Waals surface area contributed by atoms with Crippen LogP contribution in [0.15, 0.2) is 42.7 Å². The second-order valence-electron chi connectivity index (χ2n) is 6.91. The molecular formula is C22H18F2N4O3. The van der Waals surface area contributed by atoms with Crippen molar-refractivity contribution in [3.05, 3.63) is 65.5 Å². The number of nitrogens with zero attached hydrogens (tertiary/aromatic N) is 3. The molecule has 0 saturated heterocycles. The molecule has 0 aliphatic carbocycles. The van der Waals surface area contributed by atoms with E-state index in [9.17, 15) is 18.4 Å². The lowest BCUT2D eigenvalue weighted by atomic mass is 10.00. The van der Waals surface area contributed by atoms with Gasteiger partial charge in [0.2, 0.25) is 0 Å². The highest BCUT2D eigenvalue weighted by molar-refractivity contribution is 6.04. The molecule has 4 rings (SSSR count). The standard InChI is InChI=1S/C22H18F2N4O3/c1-3-12-7-18-17(28(2)20(29)11-31-18)8-13(12)16-9-26-19(10-25-16)27-22(30)21-14(23)5-4-6-15(21)24/h4-10H,3,11H2,1-2H3,(H,26,27,30). The van der Waals surface area contributed by atoms with E-state index in [2.05, 4.69) is 15.3 Å². The van der Waals surface area contributed by atoms with Gasteiger partial charge < -0.3 is 15.0 Å². The fraction of sp³-hybridized carbons (Fsp3) is 0.182. The van der Waals surface area contributed by atoms with Gasteiger partial charge in [0, 0.05) is 12.6 Å². The number of likely N-dealkylation sites (N-methyl/N-ethyl adjacent to an activating group) is 1. The summed E-state index contributed by atoms with van der Waals surface area (Å²) in [7, 11) is 1.67. The van der Waals surface area contributed by atoms with Crippen LogP contribution < -0.4 is 15.0 Å². The molecule has 3 aromatic rings. The lowest BCUT2D eigenvalue weighted by Crippen LogP contribution is -2.35. The second-order valence-corrected chi connectivity index (χ2v) is 6.91. The predicted molar refractivity (Wildman–Crippen MR) is 110 cm³/mol. The average Bonchev–Trinajstić information content (AvgIpc) is 2.76. The highest BCUT2D eigenvalue weighted by atomic mass is 19.1. The van der Waals surface area contributed by atoms with Gasteiger partial charge >= 0.3 is 0 Å². The summed E-state index contributed by atoms with van der Waals surface area (Å²) < 4.78 is 33.1. The maximum atomic E-state index is 13.8. The van der Waals surface area contributed by atoms with Crippen molar-refractivity contribution < 1.29 is 23.1 Å². The minimum atomic E-state index is -0.968. The molecule has 7 nitrogen and oxygen atoms in total. The van der Waals surface area contributed by atoms with Crippen LogP contribution in [-0.4, -0.2) is 35.4 Å². The van der Waals surface area contributed by atoms with Gasteiger partial charge in [-0.2, -0.15) is 0 Å². The number of anilines is 2. The van der Waals surface area contributed by atoms with Crippen molar-refractivity contribution in [3.8, 4) is 17.0 Å². The fourth-order valence-corrected chi connectivity index (χ4v) is 3.32. The molecule has 31 heavy (non-hydrogen) atoms. The molecule has 2 aromatic carbocycles. The van der Waals surface area contributed by atoms with E-state index in [0.717, 1.165) is 23.3 Å². The summed E-state index contributed by atoms with van der Waals surface area (Å²) >= 11 is 0. The van der Waals surface area contributed by atoms with Gasteiger partial charge in [0.15, 0.2) is 12.4 Å². The van der Waals surface area contributed by atoms with E-state index < -0.39 is 23.1 Å². The number of rotatable bonds is 4. The summed E-state index contributed by atoms with van der Waals surface area (Å²) in [5, 5.41) is 2.34. The van der Waals surface area contributed by atoms with Gasteiger partial charge in [0.1, 0.15) is 22.9 Å². The zero-order valence-electron chi connectivity index (χ0n) is 16.8. The van der Waals surface area contributed by atoms with Crippen LogP contribution in [0.3, 0.4) is 0 Å². The molecule has 0 bridgehead atoms. The Labute approximate surface area is 176 Å². The van der Waals surface area contributed by atoms with Gasteiger partial charge in [-0.1, -0.05) is 13.0 Å². The normalized spacial score (nSPS) is 12.9. The van der Waals surface area contributed by atoms with Crippen molar-refractivity contribution in [2.24, 2.45) is 0 Å². The first-order valence-corrected chi connectivity index (χ1v) is 9.53. The lowest BCUT2D eigenvalue weighted by Gasteiger charge is -2.27. The smallest absolute Gasteiger partial charge is 0.264 e. The molecule has 0 fully saturated rings. The highest BCUT2D eigenvalue weighted by Crippen LogP contribution is 2.37. The van der Waals surface area contributed by atoms with Gasteiger partial charge in [0.25, 0.3) is 11.8 Å². The van der Waals surface area contributed by atoms with Crippen molar-refractivity contribution in [1.29, 1.82) is 0 Å². The summed E-state index contributed by atoms with van der Waals surface area (Å²) in [6.45, 7) is 1.97. The summed E-state index contributed by atoms with van der Waals surface area (Å²) in [6, 6.07) is 6.85. The third-order valence-electron chi connectivity index (χ3n) is 5.01. The number of benzene rings is 2. The van der Waals surface area contributed by atoms with Crippen LogP contribution >= 0.6 is 0 Å². The van der Waals surface area contributed by atoms with E-state index in [1.54, 1.807) is 7.05 Å². The second kappa shape index (κ2) is 8.10. The topological polar surface area (TPSA) is 84.4 Å². The Balaban J connectivity index is 1.63. The van der Waals surface area contributed by atoms with Crippen molar-refractivity contribution in [1.82, 2.24) is 9.97 Å². The minimum absolute atomic E-state index is 0.0111. The van der Waals surface area contributed by atoms with Crippen molar-refractivity contribution in [3.63, 3.8) is 0 Å². The molecule has 0 unspecified atom stereocenters. The van der Waals surface area contributed by atoms with E-state index in [-0.39, 0.29) is 18.3 Å². The predicted octanol–water partition coefficient (Wildman–Crippen LogP) is 3.59. The zero-order chi connectivity index (χ0) is 22.1. The average molecular weight is 424 g/mol. The van der Waals surface area contributed by atoms with Crippen molar-refractivity contribution in [2.45, 2.75) is 13.3 Å². The minimum Gasteiger partial charge on any atom is -0.482 e. The third-order valence-corrected chi connectivity index (χ3v) is 5.01. The Bertz CT molecular complexity index is 1160. The molecule has 0 spiro atoms. The number of carbonyl (C=O) groups excluding carboxylic acids is 2. The van der Waals surface area contributed by atoms with E-state index in [4.69, 9.17) is 4.74 Å². The molecule has 1 N–H and O–H groups in total. The van der Waals surface area contributed by atoms with E-state index in [1.165, 1.54) is 23.4 Å². The van der Waals surface area contributed by atoms with Crippen LogP contribution in [0.2, 0.25) is 0 Å². The number of aromatic nitrogens is 2. The number of ether oxygens (including phenoxy) is 1. The van der Waals surface area contributed by atoms with E-state index in [1.807, 2.05) is 19.1 Å². The first-order chi connectivity index (χ1) is 14.9. The molecule has 0 radical (unpaired) electrons. The maximum absolute atomic E-state index is 13.8. The van der Waals surface area contributed by atoms with Crippen LogP contribution in [0.25, 0.3) is 11.3 Å². The quantitative estimate of drug-likeness (QED) is 0.692. The Hall–Kier alpha value is -3.88. The molecular weight excluding hydrogens is 406 g/mol. The first-order valence-electron chi connectivity index (χ1n) is 9.53. The van der Waals surface area contributed by atoms with Crippen LogP contribution in [0.5, 0.6) is 5.75 Å². The van der Waals surface area contributed by atoms with Crippen molar-refractivity contribution in [2.75, 3.05) is 23.9 Å². The van der Waals surface area contributed by atoms with Gasteiger partial charge in [-0.05, 0) is 36.2 Å². The number of carbonyl (C=O) groups is 2. The largest absolute Gasteiger partial charge is 0.482 e. The van der Waals surface area contributed by atoms with Gasteiger partial charge in [-0.3, -0.25) is 14.6 Å². The number of nitrogens with one attached hydrogen (secondary N) is 1. The third kappa shape index (κ3) is 3.81. The number of fused-ring (bicyclic) bond motifs is 1. The maximum Gasteiger partial charge on any atom is 0.264 e. The van der Waals surface area contributed by atoms with Crippen LogP contribution in [0.4, 0.5) is 20.3 Å². The van der Waals surface area contributed by atoms with E-state index >= 15 is 0 Å². The Kier molecular flexibility index (Phi) is 5.33. The van der Waals surface area contributed by atoms with Crippen LogP contribution in [0, 0.1) is 11.6 Å². The van der Waals surface area contributed by atoms with Gasteiger partial charge in [-0.25, -0.2) is 13.8 Å². The van der Waals surface area contributed by atoms with Crippen LogP contribution in [-0.2, 0) is 11.2 Å². The summed E-state index contributed by atoms with van der Waals surface area (Å²) in [6.07, 6.45) is 3.44. The molecule has 1 aromatic heterocycles. The zero-order valence-corrected chi connectivity index (χ0v) is 16.8. The molecule has 2 amide bonds.